The van der Waals surface area contributed by atoms with Gasteiger partial charge < -0.3 is 20.7 Å². The molecular formula is C27H26N4O2. The molecule has 0 radical (unpaired) electrons. The number of aromatic amines is 1. The van der Waals surface area contributed by atoms with E-state index in [-0.39, 0.29) is 17.7 Å². The largest absolute Gasteiger partial charge is 0.508 e. The van der Waals surface area contributed by atoms with E-state index in [0.717, 1.165) is 28.2 Å². The van der Waals surface area contributed by atoms with E-state index in [9.17, 15) is 9.90 Å². The molecule has 1 aliphatic heterocycles. The predicted molar refractivity (Wildman–Crippen MR) is 127 cm³/mol. The molecule has 0 bridgehead atoms. The second-order valence-corrected chi connectivity index (χ2v) is 8.48. The number of fused-ring (bicyclic) bond motifs is 1. The molecule has 0 unspecified atom stereocenters. The molecule has 4 N–H and O–H groups in total. The van der Waals surface area contributed by atoms with Crippen LogP contribution in [0.5, 0.6) is 5.75 Å². The topological polar surface area (TPSA) is 95.2 Å². The Balaban J connectivity index is 1.44. The van der Waals surface area contributed by atoms with E-state index in [2.05, 4.69) is 22.1 Å². The smallest absolute Gasteiger partial charge is 0.240 e. The normalized spacial score (nSPS) is 16.3. The van der Waals surface area contributed by atoms with Crippen molar-refractivity contribution in [3.05, 3.63) is 108 Å². The molecule has 4 aromatic rings. The number of phenols is 1. The molecule has 6 heteroatoms. The van der Waals surface area contributed by atoms with E-state index in [1.54, 1.807) is 24.3 Å². The number of carbonyl (C=O) groups is 1. The van der Waals surface area contributed by atoms with Crippen molar-refractivity contribution in [3.63, 3.8) is 0 Å². The molecule has 0 aliphatic carbocycles. The average Bonchev–Trinajstić information content (AvgIpc) is 3.35. The molecule has 33 heavy (non-hydrogen) atoms. The summed E-state index contributed by atoms with van der Waals surface area (Å²) in [6, 6.07) is 24.1. The van der Waals surface area contributed by atoms with Gasteiger partial charge in [-0.25, -0.2) is 4.98 Å². The third-order valence-corrected chi connectivity index (χ3v) is 6.24. The second kappa shape index (κ2) is 8.92. The molecule has 2 atom stereocenters. The molecule has 0 fully saturated rings. The Morgan fingerprint density at radius 1 is 1.03 bits per heavy atom. The highest BCUT2D eigenvalue weighted by Gasteiger charge is 2.35. The number of rotatable bonds is 5. The molecule has 3 aromatic carbocycles. The fourth-order valence-corrected chi connectivity index (χ4v) is 4.46. The molecule has 1 aliphatic rings. The van der Waals surface area contributed by atoms with Gasteiger partial charge in [-0.3, -0.25) is 4.79 Å². The summed E-state index contributed by atoms with van der Waals surface area (Å²) in [6.07, 6.45) is 2.90. The quantitative estimate of drug-likeness (QED) is 0.439. The van der Waals surface area contributed by atoms with E-state index < -0.39 is 6.04 Å². The van der Waals surface area contributed by atoms with Crippen molar-refractivity contribution in [2.75, 3.05) is 0 Å². The maximum atomic E-state index is 13.5. The van der Waals surface area contributed by atoms with Crippen LogP contribution in [0, 0.1) is 0 Å². The molecule has 6 nitrogen and oxygen atoms in total. The van der Waals surface area contributed by atoms with Crippen molar-refractivity contribution in [1.29, 1.82) is 0 Å². The van der Waals surface area contributed by atoms with Gasteiger partial charge in [-0.1, -0.05) is 66.7 Å². The minimum absolute atomic E-state index is 0.111. The monoisotopic (exact) mass is 438 g/mol. The highest BCUT2D eigenvalue weighted by atomic mass is 16.3. The highest BCUT2D eigenvalue weighted by molar-refractivity contribution is 5.82. The predicted octanol–water partition coefficient (Wildman–Crippen LogP) is 3.98. The van der Waals surface area contributed by atoms with Gasteiger partial charge in [0.25, 0.3) is 0 Å². The van der Waals surface area contributed by atoms with Crippen LogP contribution >= 0.6 is 0 Å². The number of aromatic nitrogens is 2. The molecule has 5 rings (SSSR count). The number of carbonyl (C=O) groups excluding carboxylic acids is 1. The van der Waals surface area contributed by atoms with Gasteiger partial charge in [-0.2, -0.15) is 0 Å². The number of H-pyrrole nitrogens is 1. The summed E-state index contributed by atoms with van der Waals surface area (Å²) >= 11 is 0. The van der Waals surface area contributed by atoms with Crippen LogP contribution in [0.4, 0.5) is 0 Å². The summed E-state index contributed by atoms with van der Waals surface area (Å²) in [5.74, 6) is 0.840. The summed E-state index contributed by atoms with van der Waals surface area (Å²) in [4.78, 5) is 23.5. The minimum atomic E-state index is -0.689. The lowest BCUT2D eigenvalue weighted by atomic mass is 9.92. The number of imidazole rings is 1. The summed E-state index contributed by atoms with van der Waals surface area (Å²) in [5.41, 5.74) is 11.6. The Kier molecular flexibility index (Phi) is 5.67. The van der Waals surface area contributed by atoms with Crippen LogP contribution in [0.1, 0.15) is 28.6 Å². The van der Waals surface area contributed by atoms with Crippen molar-refractivity contribution < 1.29 is 9.90 Å². The SMILES string of the molecule is N[C@@H](Cc1ccc(O)cc1)C(=O)N1Cc2ccccc2C[C@H]1c1ncc(-c2ccccc2)[nH]1. The van der Waals surface area contributed by atoms with Crippen molar-refractivity contribution in [3.8, 4) is 17.0 Å². The fourth-order valence-electron chi connectivity index (χ4n) is 4.46. The van der Waals surface area contributed by atoms with Crippen LogP contribution < -0.4 is 5.73 Å². The van der Waals surface area contributed by atoms with Crippen molar-refractivity contribution in [2.24, 2.45) is 5.73 Å². The first-order valence-electron chi connectivity index (χ1n) is 11.1. The molecule has 0 saturated carbocycles. The number of phenolic OH excluding ortho intramolecular Hbond substituents is 1. The third kappa shape index (κ3) is 4.38. The number of amides is 1. The maximum Gasteiger partial charge on any atom is 0.240 e. The molecule has 166 valence electrons. The number of benzene rings is 3. The lowest BCUT2D eigenvalue weighted by Crippen LogP contribution is -2.48. The van der Waals surface area contributed by atoms with Crippen LogP contribution in [0.3, 0.4) is 0 Å². The lowest BCUT2D eigenvalue weighted by molar-refractivity contribution is -0.136. The minimum Gasteiger partial charge on any atom is -0.508 e. The Labute approximate surface area is 192 Å². The van der Waals surface area contributed by atoms with Crippen LogP contribution in [0.15, 0.2) is 85.1 Å². The number of hydrogen-bond donors (Lipinski definition) is 3. The number of nitrogens with zero attached hydrogens (tertiary/aromatic N) is 2. The van der Waals surface area contributed by atoms with Gasteiger partial charge in [0.2, 0.25) is 5.91 Å². The zero-order chi connectivity index (χ0) is 22.8. The molecule has 0 saturated heterocycles. The van der Waals surface area contributed by atoms with Gasteiger partial charge in [0.1, 0.15) is 11.6 Å². The number of nitrogens with two attached hydrogens (primary N) is 1. The zero-order valence-electron chi connectivity index (χ0n) is 18.2. The van der Waals surface area contributed by atoms with Crippen LogP contribution in [0.25, 0.3) is 11.3 Å². The van der Waals surface area contributed by atoms with Crippen LogP contribution in [-0.4, -0.2) is 31.9 Å². The number of nitrogens with one attached hydrogen (secondary N) is 1. The summed E-state index contributed by atoms with van der Waals surface area (Å²) in [7, 11) is 0. The van der Waals surface area contributed by atoms with Gasteiger partial charge in [0, 0.05) is 13.0 Å². The second-order valence-electron chi connectivity index (χ2n) is 8.48. The van der Waals surface area contributed by atoms with E-state index in [1.165, 1.54) is 5.56 Å². The van der Waals surface area contributed by atoms with Gasteiger partial charge in [-0.05, 0) is 40.8 Å². The fraction of sp³-hybridized carbons (Fsp3) is 0.185. The Morgan fingerprint density at radius 2 is 1.73 bits per heavy atom. The van der Waals surface area contributed by atoms with Gasteiger partial charge in [0.15, 0.2) is 0 Å². The molecule has 1 amide bonds. The molecule has 2 heterocycles. The standard InChI is InChI=1S/C27H26N4O2/c28-23(14-18-10-12-22(32)13-11-18)27(33)31-17-21-9-5-4-8-20(21)15-25(31)26-29-16-24(30-26)19-6-2-1-3-7-19/h1-13,16,23,25,32H,14-15,17,28H2,(H,29,30)/t23-,25-/m0/s1. The van der Waals surface area contributed by atoms with Crippen molar-refractivity contribution in [2.45, 2.75) is 31.5 Å². The van der Waals surface area contributed by atoms with Crippen molar-refractivity contribution in [1.82, 2.24) is 14.9 Å². The first-order chi connectivity index (χ1) is 16.1. The van der Waals surface area contributed by atoms with Gasteiger partial charge >= 0.3 is 0 Å². The first-order valence-corrected chi connectivity index (χ1v) is 11.1. The average molecular weight is 439 g/mol. The van der Waals surface area contributed by atoms with Crippen LogP contribution in [-0.2, 0) is 24.2 Å². The van der Waals surface area contributed by atoms with Gasteiger partial charge in [0.05, 0.1) is 24.0 Å². The van der Waals surface area contributed by atoms with E-state index in [0.29, 0.717) is 19.4 Å². The third-order valence-electron chi connectivity index (χ3n) is 6.24. The Morgan fingerprint density at radius 3 is 2.48 bits per heavy atom. The van der Waals surface area contributed by atoms with Crippen LogP contribution in [0.2, 0.25) is 0 Å². The van der Waals surface area contributed by atoms with Gasteiger partial charge in [-0.15, -0.1) is 0 Å². The Hall–Kier alpha value is -3.90. The maximum absolute atomic E-state index is 13.5. The summed E-state index contributed by atoms with van der Waals surface area (Å²) in [5, 5.41) is 9.53. The summed E-state index contributed by atoms with van der Waals surface area (Å²) in [6.45, 7) is 0.490. The van der Waals surface area contributed by atoms with E-state index >= 15 is 0 Å². The highest BCUT2D eigenvalue weighted by Crippen LogP contribution is 2.33. The first kappa shape index (κ1) is 21.0. The summed E-state index contributed by atoms with van der Waals surface area (Å²) < 4.78 is 0. The molecule has 0 spiro atoms. The number of aromatic hydroxyl groups is 1. The lowest BCUT2D eigenvalue weighted by Gasteiger charge is -2.37. The zero-order valence-corrected chi connectivity index (χ0v) is 18.2. The Bertz CT molecular complexity index is 1250. The molecular weight excluding hydrogens is 412 g/mol. The molecule has 1 aromatic heterocycles. The van der Waals surface area contributed by atoms with E-state index in [1.807, 2.05) is 53.6 Å². The van der Waals surface area contributed by atoms with Crippen molar-refractivity contribution >= 4 is 5.91 Å². The van der Waals surface area contributed by atoms with E-state index in [4.69, 9.17) is 5.73 Å². The number of hydrogen-bond acceptors (Lipinski definition) is 4.